The first kappa shape index (κ1) is 20.6. The minimum Gasteiger partial charge on any atom is -0.493 e. The second kappa shape index (κ2) is 8.98. The molecule has 2 aliphatic rings. The summed E-state index contributed by atoms with van der Waals surface area (Å²) in [5.41, 5.74) is 4.74. The summed E-state index contributed by atoms with van der Waals surface area (Å²) < 4.78 is 12.7. The van der Waals surface area contributed by atoms with Crippen LogP contribution in [-0.2, 0) is 33.0 Å². The summed E-state index contributed by atoms with van der Waals surface area (Å²) in [7, 11) is 5.26. The summed E-state index contributed by atoms with van der Waals surface area (Å²) >= 11 is 0. The van der Waals surface area contributed by atoms with E-state index in [-0.39, 0.29) is 12.1 Å². The lowest BCUT2D eigenvalue weighted by molar-refractivity contribution is 0.169. The molecule has 30 heavy (non-hydrogen) atoms. The average molecular weight is 413 g/mol. The molecule has 2 aromatic rings. The van der Waals surface area contributed by atoms with E-state index in [0.717, 1.165) is 36.9 Å². The zero-order valence-electron chi connectivity index (χ0n) is 18.2. The molecule has 7 nitrogen and oxygen atoms in total. The molecule has 1 saturated carbocycles. The van der Waals surface area contributed by atoms with Gasteiger partial charge in [-0.2, -0.15) is 5.10 Å². The molecule has 0 saturated heterocycles. The van der Waals surface area contributed by atoms with Crippen LogP contribution in [0.25, 0.3) is 0 Å². The maximum absolute atomic E-state index is 13.2. The molecule has 1 N–H and O–H groups in total. The Morgan fingerprint density at radius 1 is 1.17 bits per heavy atom. The van der Waals surface area contributed by atoms with E-state index in [1.54, 1.807) is 14.2 Å². The van der Waals surface area contributed by atoms with Crippen molar-refractivity contribution in [3.63, 3.8) is 0 Å². The van der Waals surface area contributed by atoms with Gasteiger partial charge in [-0.1, -0.05) is 18.9 Å². The van der Waals surface area contributed by atoms with Crippen molar-refractivity contribution in [1.29, 1.82) is 0 Å². The molecule has 0 unspecified atom stereocenters. The number of methoxy groups -OCH3 is 2. The van der Waals surface area contributed by atoms with Crippen molar-refractivity contribution >= 4 is 6.03 Å². The van der Waals surface area contributed by atoms with Gasteiger partial charge in [-0.25, -0.2) is 4.79 Å². The number of aromatic nitrogens is 2. The Labute approximate surface area is 178 Å². The summed E-state index contributed by atoms with van der Waals surface area (Å²) in [5, 5.41) is 7.87. The maximum Gasteiger partial charge on any atom is 0.318 e. The molecule has 1 aromatic heterocycles. The number of aryl methyl sites for hydroxylation is 1. The van der Waals surface area contributed by atoms with Crippen LogP contribution < -0.4 is 14.8 Å². The highest BCUT2D eigenvalue weighted by atomic mass is 16.5. The van der Waals surface area contributed by atoms with Gasteiger partial charge in [0.15, 0.2) is 11.5 Å². The van der Waals surface area contributed by atoms with E-state index in [1.165, 1.54) is 30.5 Å². The van der Waals surface area contributed by atoms with E-state index >= 15 is 0 Å². The fourth-order valence-electron chi connectivity index (χ4n) is 4.84. The number of fused-ring (bicyclic) bond motifs is 1. The summed E-state index contributed by atoms with van der Waals surface area (Å²) in [4.78, 5) is 15.2. The monoisotopic (exact) mass is 412 g/mol. The highest BCUT2D eigenvalue weighted by Gasteiger charge is 2.30. The van der Waals surface area contributed by atoms with Crippen LogP contribution >= 0.6 is 0 Å². The molecule has 0 aliphatic heterocycles. The van der Waals surface area contributed by atoms with E-state index in [9.17, 15) is 4.79 Å². The summed E-state index contributed by atoms with van der Waals surface area (Å²) in [6.07, 6.45) is 7.85. The van der Waals surface area contributed by atoms with Gasteiger partial charge in [0.2, 0.25) is 0 Å². The van der Waals surface area contributed by atoms with Gasteiger partial charge in [-0.15, -0.1) is 0 Å². The third-order valence-electron chi connectivity index (χ3n) is 6.44. The Morgan fingerprint density at radius 2 is 1.93 bits per heavy atom. The number of rotatable bonds is 7. The molecule has 0 radical (unpaired) electrons. The fourth-order valence-corrected chi connectivity index (χ4v) is 4.84. The minimum absolute atomic E-state index is 0.0194. The van der Waals surface area contributed by atoms with Gasteiger partial charge in [-0.3, -0.25) is 4.68 Å². The number of carbonyl (C=O) groups is 1. The molecule has 0 bridgehead atoms. The van der Waals surface area contributed by atoms with Gasteiger partial charge >= 0.3 is 6.03 Å². The van der Waals surface area contributed by atoms with Crippen LogP contribution in [0.4, 0.5) is 4.79 Å². The normalized spacial score (nSPS) is 15.8. The zero-order valence-corrected chi connectivity index (χ0v) is 18.2. The Kier molecular flexibility index (Phi) is 6.16. The second-order valence-electron chi connectivity index (χ2n) is 8.26. The lowest BCUT2D eigenvalue weighted by atomic mass is 10.1. The first-order valence-electron chi connectivity index (χ1n) is 10.9. The van der Waals surface area contributed by atoms with Crippen molar-refractivity contribution in [2.24, 2.45) is 7.05 Å². The Hall–Kier alpha value is -2.70. The van der Waals surface area contributed by atoms with Crippen LogP contribution in [0.2, 0.25) is 0 Å². The van der Waals surface area contributed by atoms with Crippen molar-refractivity contribution in [1.82, 2.24) is 20.0 Å². The highest BCUT2D eigenvalue weighted by Crippen LogP contribution is 2.30. The van der Waals surface area contributed by atoms with Crippen LogP contribution in [-0.4, -0.2) is 41.0 Å². The van der Waals surface area contributed by atoms with Gasteiger partial charge in [0.05, 0.1) is 26.5 Å². The van der Waals surface area contributed by atoms with Crippen LogP contribution in [0.15, 0.2) is 18.2 Å². The lowest BCUT2D eigenvalue weighted by Crippen LogP contribution is -2.44. The summed E-state index contributed by atoms with van der Waals surface area (Å²) in [6, 6.07) is 5.99. The molecule has 162 valence electrons. The van der Waals surface area contributed by atoms with Crippen LogP contribution in [0.3, 0.4) is 0 Å². The SMILES string of the molecule is COc1ccc(CNC(=O)N(Cc2nn(C)c3c2CCC3)C2CCCC2)cc1OC. The molecule has 1 aromatic carbocycles. The molecule has 2 aliphatic carbocycles. The zero-order chi connectivity index (χ0) is 21.1. The number of urea groups is 1. The first-order valence-corrected chi connectivity index (χ1v) is 10.9. The van der Waals surface area contributed by atoms with Crippen LogP contribution in [0.5, 0.6) is 11.5 Å². The average Bonchev–Trinajstić information content (AvgIpc) is 3.50. The number of amides is 2. The number of hydrogen-bond donors (Lipinski definition) is 1. The predicted molar refractivity (Wildman–Crippen MR) is 115 cm³/mol. The Bertz CT molecular complexity index is 902. The van der Waals surface area contributed by atoms with Crippen molar-refractivity contribution < 1.29 is 14.3 Å². The number of carbonyl (C=O) groups excluding carboxylic acids is 1. The Balaban J connectivity index is 1.47. The third kappa shape index (κ3) is 4.11. The number of benzene rings is 1. The summed E-state index contributed by atoms with van der Waals surface area (Å²) in [6.45, 7) is 1.04. The lowest BCUT2D eigenvalue weighted by Gasteiger charge is -2.29. The molecule has 4 rings (SSSR count). The van der Waals surface area contributed by atoms with Crippen molar-refractivity contribution in [3.8, 4) is 11.5 Å². The van der Waals surface area contributed by atoms with Crippen molar-refractivity contribution in [2.45, 2.75) is 64.1 Å². The van der Waals surface area contributed by atoms with E-state index < -0.39 is 0 Å². The number of nitrogens with one attached hydrogen (secondary N) is 1. The van der Waals surface area contributed by atoms with E-state index in [4.69, 9.17) is 14.6 Å². The molecule has 0 atom stereocenters. The van der Waals surface area contributed by atoms with E-state index in [2.05, 4.69) is 5.32 Å². The fraction of sp³-hybridized carbons (Fsp3) is 0.565. The standard InChI is InChI=1S/C23H32N4O3/c1-26-20-10-6-9-18(20)19(25-26)15-27(17-7-4-5-8-17)23(28)24-14-16-11-12-21(29-2)22(13-16)30-3/h11-13,17H,4-10,14-15H2,1-3H3,(H,24,28). The largest absolute Gasteiger partial charge is 0.493 e. The van der Waals surface area contributed by atoms with E-state index in [1.807, 2.05) is 34.8 Å². The van der Waals surface area contributed by atoms with Gasteiger partial charge in [0, 0.05) is 25.3 Å². The molecule has 7 heteroatoms. The van der Waals surface area contributed by atoms with Crippen molar-refractivity contribution in [3.05, 3.63) is 40.7 Å². The van der Waals surface area contributed by atoms with Crippen LogP contribution in [0.1, 0.15) is 54.6 Å². The first-order chi connectivity index (χ1) is 14.6. The van der Waals surface area contributed by atoms with Crippen molar-refractivity contribution in [2.75, 3.05) is 14.2 Å². The molecule has 2 amide bonds. The second-order valence-corrected chi connectivity index (χ2v) is 8.26. The molecule has 1 fully saturated rings. The number of ether oxygens (including phenoxy) is 2. The Morgan fingerprint density at radius 3 is 2.67 bits per heavy atom. The highest BCUT2D eigenvalue weighted by molar-refractivity contribution is 5.74. The maximum atomic E-state index is 13.2. The summed E-state index contributed by atoms with van der Waals surface area (Å²) in [5.74, 6) is 1.35. The molecule has 0 spiro atoms. The van der Waals surface area contributed by atoms with Gasteiger partial charge in [0.25, 0.3) is 0 Å². The smallest absolute Gasteiger partial charge is 0.318 e. The number of hydrogen-bond acceptors (Lipinski definition) is 4. The van der Waals surface area contributed by atoms with Crippen LogP contribution in [0, 0.1) is 0 Å². The van der Waals surface area contributed by atoms with Gasteiger partial charge in [-0.05, 0) is 55.4 Å². The van der Waals surface area contributed by atoms with E-state index in [0.29, 0.717) is 24.6 Å². The molecular formula is C23H32N4O3. The quantitative estimate of drug-likeness (QED) is 0.755. The molecular weight excluding hydrogens is 380 g/mol. The van der Waals surface area contributed by atoms with Gasteiger partial charge in [0.1, 0.15) is 0 Å². The topological polar surface area (TPSA) is 68.6 Å². The minimum atomic E-state index is -0.0194. The predicted octanol–water partition coefficient (Wildman–Crippen LogP) is 3.58. The molecule has 1 heterocycles. The third-order valence-corrected chi connectivity index (χ3v) is 6.44. The number of nitrogens with zero attached hydrogens (tertiary/aromatic N) is 3. The van der Waals surface area contributed by atoms with Gasteiger partial charge < -0.3 is 19.7 Å².